The van der Waals surface area contributed by atoms with Crippen LogP contribution in [0.2, 0.25) is 0 Å². The van der Waals surface area contributed by atoms with Crippen LogP contribution < -0.4 is 5.32 Å². The molecule has 0 radical (unpaired) electrons. The molecule has 0 saturated carbocycles. The first-order valence-electron chi connectivity index (χ1n) is 7.00. The van der Waals surface area contributed by atoms with Gasteiger partial charge in [0, 0.05) is 17.2 Å². The largest absolute Gasteiger partial charge is 0.317 e. The van der Waals surface area contributed by atoms with Crippen molar-refractivity contribution < 1.29 is 0 Å². The average molecular weight is 268 g/mol. The van der Waals surface area contributed by atoms with Crippen molar-refractivity contribution in [3.63, 3.8) is 0 Å². The number of nitrogens with zero attached hydrogens (tertiary/aromatic N) is 1. The van der Waals surface area contributed by atoms with Crippen molar-refractivity contribution >= 4 is 11.3 Å². The maximum absolute atomic E-state index is 4.80. The second kappa shape index (κ2) is 6.67. The number of thiazole rings is 1. The van der Waals surface area contributed by atoms with E-state index in [-0.39, 0.29) is 5.41 Å². The third-order valence-electron chi connectivity index (χ3n) is 3.36. The van der Waals surface area contributed by atoms with Crippen LogP contribution in [-0.4, -0.2) is 18.1 Å². The van der Waals surface area contributed by atoms with E-state index < -0.39 is 0 Å². The van der Waals surface area contributed by atoms with Gasteiger partial charge in [-0.1, -0.05) is 41.5 Å². The Labute approximate surface area is 116 Å². The van der Waals surface area contributed by atoms with Crippen molar-refractivity contribution in [1.29, 1.82) is 0 Å². The van der Waals surface area contributed by atoms with Crippen LogP contribution in [0.3, 0.4) is 0 Å². The summed E-state index contributed by atoms with van der Waals surface area (Å²) >= 11 is 1.82. The predicted molar refractivity (Wildman–Crippen MR) is 81.4 cm³/mol. The van der Waals surface area contributed by atoms with Gasteiger partial charge in [0.2, 0.25) is 0 Å². The first-order chi connectivity index (χ1) is 8.34. The average Bonchev–Trinajstić information content (AvgIpc) is 2.71. The summed E-state index contributed by atoms with van der Waals surface area (Å²) in [5, 5.41) is 6.97. The highest BCUT2D eigenvalue weighted by Crippen LogP contribution is 2.26. The van der Waals surface area contributed by atoms with Gasteiger partial charge in [-0.05, 0) is 24.9 Å². The van der Waals surface area contributed by atoms with Crippen LogP contribution in [0.5, 0.6) is 0 Å². The third-order valence-corrected chi connectivity index (χ3v) is 4.23. The monoisotopic (exact) mass is 268 g/mol. The van der Waals surface area contributed by atoms with Crippen LogP contribution >= 0.6 is 11.3 Å². The van der Waals surface area contributed by atoms with Crippen molar-refractivity contribution in [2.75, 3.05) is 13.1 Å². The SMILES string of the molecule is CCNCC(Cc1nc(C(C)(C)C)cs1)C(C)C. The highest BCUT2D eigenvalue weighted by Gasteiger charge is 2.20. The lowest BCUT2D eigenvalue weighted by Gasteiger charge is -2.20. The zero-order valence-electron chi connectivity index (χ0n) is 12.7. The van der Waals surface area contributed by atoms with E-state index in [0.29, 0.717) is 11.8 Å². The smallest absolute Gasteiger partial charge is 0.0931 e. The minimum Gasteiger partial charge on any atom is -0.317 e. The van der Waals surface area contributed by atoms with E-state index in [1.807, 2.05) is 11.3 Å². The number of nitrogens with one attached hydrogen (secondary N) is 1. The van der Waals surface area contributed by atoms with Gasteiger partial charge in [-0.3, -0.25) is 0 Å². The van der Waals surface area contributed by atoms with Crippen molar-refractivity contribution in [3.8, 4) is 0 Å². The van der Waals surface area contributed by atoms with Gasteiger partial charge >= 0.3 is 0 Å². The normalized spacial score (nSPS) is 14.2. The Bertz CT molecular complexity index is 350. The summed E-state index contributed by atoms with van der Waals surface area (Å²) in [7, 11) is 0. The molecule has 0 aromatic carbocycles. The Morgan fingerprint density at radius 3 is 2.44 bits per heavy atom. The van der Waals surface area contributed by atoms with E-state index in [9.17, 15) is 0 Å². The minimum atomic E-state index is 0.170. The molecule has 0 spiro atoms. The molecule has 0 aliphatic carbocycles. The third kappa shape index (κ3) is 4.69. The van der Waals surface area contributed by atoms with Gasteiger partial charge in [0.15, 0.2) is 0 Å². The number of aromatic nitrogens is 1. The molecule has 1 heterocycles. The van der Waals surface area contributed by atoms with E-state index in [1.54, 1.807) is 0 Å². The van der Waals surface area contributed by atoms with Gasteiger partial charge in [0.05, 0.1) is 10.7 Å². The molecule has 18 heavy (non-hydrogen) atoms. The quantitative estimate of drug-likeness (QED) is 0.847. The van der Waals surface area contributed by atoms with Gasteiger partial charge < -0.3 is 5.32 Å². The number of hydrogen-bond acceptors (Lipinski definition) is 3. The summed E-state index contributed by atoms with van der Waals surface area (Å²) in [5.41, 5.74) is 1.40. The second-order valence-corrected chi connectivity index (χ2v) is 7.34. The van der Waals surface area contributed by atoms with Crippen LogP contribution in [0.25, 0.3) is 0 Å². The second-order valence-electron chi connectivity index (χ2n) is 6.39. The first-order valence-corrected chi connectivity index (χ1v) is 7.88. The molecule has 1 aromatic rings. The van der Waals surface area contributed by atoms with Crippen LogP contribution in [0.1, 0.15) is 52.2 Å². The van der Waals surface area contributed by atoms with Gasteiger partial charge in [-0.2, -0.15) is 0 Å². The highest BCUT2D eigenvalue weighted by atomic mass is 32.1. The molecule has 1 N–H and O–H groups in total. The molecule has 0 aliphatic rings. The topological polar surface area (TPSA) is 24.9 Å². The number of hydrogen-bond donors (Lipinski definition) is 1. The zero-order chi connectivity index (χ0) is 13.8. The van der Waals surface area contributed by atoms with Gasteiger partial charge in [-0.25, -0.2) is 4.98 Å². The molecule has 0 aliphatic heterocycles. The van der Waals surface area contributed by atoms with Crippen LogP contribution in [0.4, 0.5) is 0 Å². The lowest BCUT2D eigenvalue weighted by molar-refractivity contribution is 0.363. The maximum atomic E-state index is 4.80. The van der Waals surface area contributed by atoms with E-state index in [0.717, 1.165) is 19.5 Å². The number of rotatable bonds is 6. The predicted octanol–water partition coefficient (Wildman–Crippen LogP) is 3.86. The molecule has 3 heteroatoms. The molecule has 1 unspecified atom stereocenters. The molecule has 1 atom stereocenters. The lowest BCUT2D eigenvalue weighted by atomic mass is 9.92. The van der Waals surface area contributed by atoms with Gasteiger partial charge in [0.1, 0.15) is 0 Å². The lowest BCUT2D eigenvalue weighted by Crippen LogP contribution is -2.27. The molecular weight excluding hydrogens is 240 g/mol. The fourth-order valence-electron chi connectivity index (χ4n) is 1.85. The van der Waals surface area contributed by atoms with E-state index >= 15 is 0 Å². The summed E-state index contributed by atoms with van der Waals surface area (Å²) < 4.78 is 0. The molecule has 1 aromatic heterocycles. The van der Waals surface area contributed by atoms with Crippen molar-refractivity contribution in [2.45, 2.75) is 53.4 Å². The Morgan fingerprint density at radius 2 is 2.00 bits per heavy atom. The Balaban J connectivity index is 2.66. The molecule has 0 bridgehead atoms. The zero-order valence-corrected chi connectivity index (χ0v) is 13.5. The first kappa shape index (κ1) is 15.6. The Hall–Kier alpha value is -0.410. The fourth-order valence-corrected chi connectivity index (χ4v) is 2.96. The molecule has 2 nitrogen and oxygen atoms in total. The minimum absolute atomic E-state index is 0.170. The van der Waals surface area contributed by atoms with Crippen molar-refractivity contribution in [1.82, 2.24) is 10.3 Å². The van der Waals surface area contributed by atoms with E-state index in [1.165, 1.54) is 10.7 Å². The van der Waals surface area contributed by atoms with Crippen molar-refractivity contribution in [3.05, 3.63) is 16.1 Å². The summed E-state index contributed by atoms with van der Waals surface area (Å²) in [6.07, 6.45) is 1.10. The standard InChI is InChI=1S/C15H28N2S/c1-7-16-9-12(11(2)3)8-14-17-13(10-18-14)15(4,5)6/h10-12,16H,7-9H2,1-6H3. The van der Waals surface area contributed by atoms with Crippen LogP contribution in [-0.2, 0) is 11.8 Å². The summed E-state index contributed by atoms with van der Waals surface area (Å²) in [4.78, 5) is 4.80. The molecule has 1 rings (SSSR count). The molecular formula is C15H28N2S. The Kier molecular flexibility index (Phi) is 5.80. The van der Waals surface area contributed by atoms with Gasteiger partial charge in [-0.15, -0.1) is 11.3 Å². The molecule has 0 amide bonds. The highest BCUT2D eigenvalue weighted by molar-refractivity contribution is 7.09. The fraction of sp³-hybridized carbons (Fsp3) is 0.800. The maximum Gasteiger partial charge on any atom is 0.0931 e. The van der Waals surface area contributed by atoms with Crippen LogP contribution in [0.15, 0.2) is 5.38 Å². The molecule has 104 valence electrons. The van der Waals surface area contributed by atoms with E-state index in [2.05, 4.69) is 52.2 Å². The Morgan fingerprint density at radius 1 is 1.33 bits per heavy atom. The van der Waals surface area contributed by atoms with Crippen LogP contribution in [0, 0.1) is 11.8 Å². The van der Waals surface area contributed by atoms with E-state index in [4.69, 9.17) is 4.98 Å². The summed E-state index contributed by atoms with van der Waals surface area (Å²) in [5.74, 6) is 1.38. The summed E-state index contributed by atoms with van der Waals surface area (Å²) in [6, 6.07) is 0. The molecule has 0 saturated heterocycles. The van der Waals surface area contributed by atoms with Crippen molar-refractivity contribution in [2.24, 2.45) is 11.8 Å². The van der Waals surface area contributed by atoms with Gasteiger partial charge in [0.25, 0.3) is 0 Å². The molecule has 0 fully saturated rings. The summed E-state index contributed by atoms with van der Waals surface area (Å²) in [6.45, 7) is 15.6.